The fourth-order valence-corrected chi connectivity index (χ4v) is 10.1. The first-order valence-electron chi connectivity index (χ1n) is 17.8. The number of likely N-dealkylation sites (tertiary alicyclic amines) is 1. The number of fused-ring (bicyclic) bond motifs is 1. The molecule has 5 amide bonds. The predicted molar refractivity (Wildman–Crippen MR) is 190 cm³/mol. The molecule has 1 heterocycles. The summed E-state index contributed by atoms with van der Waals surface area (Å²) in [5, 5.41) is 11.3. The van der Waals surface area contributed by atoms with Gasteiger partial charge < -0.3 is 26.2 Å². The van der Waals surface area contributed by atoms with Gasteiger partial charge in [-0.1, -0.05) is 92.5 Å². The van der Waals surface area contributed by atoms with Crippen molar-refractivity contribution >= 4 is 39.5 Å². The van der Waals surface area contributed by atoms with Gasteiger partial charge in [-0.25, -0.2) is 4.79 Å². The fourth-order valence-electron chi connectivity index (χ4n) is 8.23. The second-order valence-corrected chi connectivity index (χ2v) is 22.9. The van der Waals surface area contributed by atoms with Gasteiger partial charge in [-0.15, -0.1) is 0 Å². The third-order valence-electron chi connectivity index (χ3n) is 12.7. The summed E-state index contributed by atoms with van der Waals surface area (Å²) in [6, 6.07) is -2.73. The van der Waals surface area contributed by atoms with E-state index >= 15 is 0 Å². The lowest BCUT2D eigenvalue weighted by Gasteiger charge is -2.41. The SMILES string of the molecule is CC(C)(C)[C@H](NC(=O)N[C@H](C[SH](C)(=O)C(C)(C)C)C(C)(C)C)C(=O)N1C[C@@]2(C[C@H]1C(=O)NCC(=O)C(=O)NC1CC1)C(C)(C)C21CCC1. The molecule has 0 bridgehead atoms. The van der Waals surface area contributed by atoms with Crippen molar-refractivity contribution in [1.29, 1.82) is 0 Å². The molecule has 4 rings (SSSR count). The van der Waals surface area contributed by atoms with Crippen LogP contribution in [0.25, 0.3) is 0 Å². The molecule has 0 aromatic heterocycles. The monoisotopic (exact) mass is 693 g/mol. The normalized spacial score (nSPS) is 26.2. The van der Waals surface area contributed by atoms with E-state index < -0.39 is 73.8 Å². The van der Waals surface area contributed by atoms with Crippen LogP contribution in [0.2, 0.25) is 0 Å². The summed E-state index contributed by atoms with van der Waals surface area (Å²) in [6.45, 7) is 21.9. The summed E-state index contributed by atoms with van der Waals surface area (Å²) in [5.74, 6) is -1.93. The van der Waals surface area contributed by atoms with E-state index in [1.807, 2.05) is 62.3 Å². The highest BCUT2D eigenvalue weighted by Crippen LogP contribution is 2.88. The maximum atomic E-state index is 14.6. The van der Waals surface area contributed by atoms with Crippen molar-refractivity contribution in [3.63, 3.8) is 0 Å². The van der Waals surface area contributed by atoms with Crippen LogP contribution in [0.4, 0.5) is 4.79 Å². The standard InChI is InChI=1S/C36H63N5O6S/c1-31(2,3)25(20-48(12,47)33(7,8)9)39-30(46)40-26(32(4,5)6)29(45)41-21-36(34(10,11)35(36)16-13-17-35)18-23(41)27(43)37-19-24(42)28(44)38-22-14-15-22/h22-23,25-26,48H,13-21H2,1-12H3,(H,37,43)(H,38,44)(H2,39,40,46)/t23-,25+,26+,36-/m0/s1. The van der Waals surface area contributed by atoms with Gasteiger partial charge in [0.15, 0.2) is 0 Å². The number of urea groups is 1. The molecule has 2 spiro atoms. The lowest BCUT2D eigenvalue weighted by molar-refractivity contribution is -0.142. The lowest BCUT2D eigenvalue weighted by atomic mass is 9.73. The smallest absolute Gasteiger partial charge is 0.315 e. The van der Waals surface area contributed by atoms with E-state index in [2.05, 4.69) is 35.1 Å². The molecule has 4 aliphatic rings. The number of nitrogens with one attached hydrogen (secondary N) is 4. The third-order valence-corrected chi connectivity index (χ3v) is 16.6. The largest absolute Gasteiger partial charge is 0.347 e. The number of Topliss-reactive ketones (excluding diaryl/α,β-unsaturated/α-hetero) is 1. The Hall–Kier alpha value is -2.50. The van der Waals surface area contributed by atoms with E-state index in [0.717, 1.165) is 32.1 Å². The zero-order valence-electron chi connectivity index (χ0n) is 31.5. The summed E-state index contributed by atoms with van der Waals surface area (Å²) >= 11 is 0. The summed E-state index contributed by atoms with van der Waals surface area (Å²) in [5.41, 5.74) is -1.38. The van der Waals surface area contributed by atoms with Crippen molar-refractivity contribution in [3.8, 4) is 0 Å². The van der Waals surface area contributed by atoms with E-state index in [-0.39, 0.29) is 28.2 Å². The van der Waals surface area contributed by atoms with Gasteiger partial charge in [0.05, 0.1) is 6.54 Å². The molecule has 12 heteroatoms. The minimum absolute atomic E-state index is 0.0263. The van der Waals surface area contributed by atoms with E-state index in [0.29, 0.717) is 18.7 Å². The Morgan fingerprint density at radius 1 is 0.875 bits per heavy atom. The van der Waals surface area contributed by atoms with Crippen LogP contribution in [0.15, 0.2) is 0 Å². The van der Waals surface area contributed by atoms with Crippen LogP contribution in [0.1, 0.15) is 115 Å². The Kier molecular flexibility index (Phi) is 9.87. The first-order chi connectivity index (χ1) is 21.7. The van der Waals surface area contributed by atoms with E-state index in [9.17, 15) is 28.2 Å². The fraction of sp³-hybridized carbons (Fsp3) is 0.861. The molecule has 0 radical (unpaired) electrons. The van der Waals surface area contributed by atoms with Crippen LogP contribution >= 0.6 is 0 Å². The highest BCUT2D eigenvalue weighted by Gasteiger charge is 2.85. The van der Waals surface area contributed by atoms with Crippen LogP contribution in [0, 0.1) is 27.1 Å². The van der Waals surface area contributed by atoms with Gasteiger partial charge >= 0.3 is 6.03 Å². The average Bonchev–Trinajstić information content (AvgIpc) is 3.72. The number of carbonyl (C=O) groups excluding carboxylic acids is 5. The van der Waals surface area contributed by atoms with E-state index in [1.165, 1.54) is 0 Å². The van der Waals surface area contributed by atoms with Crippen molar-refractivity contribution in [3.05, 3.63) is 0 Å². The molecule has 3 aliphatic carbocycles. The van der Waals surface area contributed by atoms with Gasteiger partial charge in [0.2, 0.25) is 17.6 Å². The van der Waals surface area contributed by atoms with Crippen molar-refractivity contribution in [2.75, 3.05) is 25.1 Å². The number of carbonyl (C=O) groups is 5. The molecule has 48 heavy (non-hydrogen) atoms. The van der Waals surface area contributed by atoms with Gasteiger partial charge in [-0.05, 0) is 60.0 Å². The Morgan fingerprint density at radius 2 is 1.46 bits per heavy atom. The van der Waals surface area contributed by atoms with E-state index in [4.69, 9.17) is 0 Å². The predicted octanol–water partition coefficient (Wildman–Crippen LogP) is 3.32. The maximum absolute atomic E-state index is 14.6. The van der Waals surface area contributed by atoms with Gasteiger partial charge in [-0.2, -0.15) is 0 Å². The lowest BCUT2D eigenvalue weighted by Crippen LogP contribution is -2.61. The molecule has 274 valence electrons. The summed E-state index contributed by atoms with van der Waals surface area (Å²) < 4.78 is 13.3. The zero-order valence-corrected chi connectivity index (χ0v) is 32.4. The van der Waals surface area contributed by atoms with Crippen LogP contribution in [0.3, 0.4) is 0 Å². The molecule has 0 aromatic rings. The average molecular weight is 694 g/mol. The number of hydrogen-bond donors (Lipinski definition) is 5. The second-order valence-electron chi connectivity index (χ2n) is 19.0. The van der Waals surface area contributed by atoms with Crippen LogP contribution in [0.5, 0.6) is 0 Å². The quantitative estimate of drug-likeness (QED) is 0.175. The molecule has 1 aliphatic heterocycles. The molecule has 4 atom stereocenters. The Balaban J connectivity index is 1.56. The number of hydrogen-bond acceptors (Lipinski definition) is 6. The van der Waals surface area contributed by atoms with Crippen molar-refractivity contribution < 1.29 is 28.2 Å². The maximum Gasteiger partial charge on any atom is 0.315 e. The van der Waals surface area contributed by atoms with Crippen LogP contribution in [-0.4, -0.2) is 92.7 Å². The first-order valence-corrected chi connectivity index (χ1v) is 20.1. The molecule has 3 saturated carbocycles. The molecule has 1 saturated heterocycles. The van der Waals surface area contributed by atoms with Gasteiger partial charge in [0.25, 0.3) is 5.91 Å². The Labute approximate surface area is 289 Å². The number of amides is 5. The summed E-state index contributed by atoms with van der Waals surface area (Å²) in [6.07, 6.45) is 7.14. The summed E-state index contributed by atoms with van der Waals surface area (Å²) in [7, 11) is -2.67. The number of nitrogens with zero attached hydrogens (tertiary/aromatic N) is 1. The van der Waals surface area contributed by atoms with Gasteiger partial charge in [-0.3, -0.25) is 23.4 Å². The molecule has 0 unspecified atom stereocenters. The van der Waals surface area contributed by atoms with Crippen molar-refractivity contribution in [2.45, 2.75) is 144 Å². The van der Waals surface area contributed by atoms with Crippen molar-refractivity contribution in [2.24, 2.45) is 27.1 Å². The minimum atomic E-state index is -2.67. The second kappa shape index (κ2) is 12.4. The topological polar surface area (TPSA) is 154 Å². The van der Waals surface area contributed by atoms with Gasteiger partial charge in [0.1, 0.15) is 12.1 Å². The Bertz CT molecular complexity index is 1380. The number of rotatable bonds is 10. The van der Waals surface area contributed by atoms with Crippen LogP contribution < -0.4 is 21.3 Å². The first kappa shape index (κ1) is 38.3. The zero-order chi connectivity index (χ0) is 36.5. The van der Waals surface area contributed by atoms with Gasteiger partial charge in [0, 0.05) is 34.5 Å². The number of thiol groups is 1. The molecule has 0 aromatic carbocycles. The Morgan fingerprint density at radius 3 is 1.90 bits per heavy atom. The molecular formula is C36H63N5O6S. The van der Waals surface area contributed by atoms with Crippen molar-refractivity contribution in [1.82, 2.24) is 26.2 Å². The van der Waals surface area contributed by atoms with Crippen LogP contribution in [-0.2, 0) is 29.1 Å². The number of ketones is 1. The van der Waals surface area contributed by atoms with E-state index in [1.54, 1.807) is 11.2 Å². The highest BCUT2D eigenvalue weighted by atomic mass is 32.2. The summed E-state index contributed by atoms with van der Waals surface area (Å²) in [4.78, 5) is 68.6. The molecular weight excluding hydrogens is 630 g/mol. The molecule has 4 N–H and O–H groups in total. The molecule has 4 fully saturated rings. The highest BCUT2D eigenvalue weighted by molar-refractivity contribution is 8.03. The molecule has 11 nitrogen and oxygen atoms in total. The third kappa shape index (κ3) is 6.93. The minimum Gasteiger partial charge on any atom is -0.347 e.